The summed E-state index contributed by atoms with van der Waals surface area (Å²) in [6.45, 7) is 4.37. The van der Waals surface area contributed by atoms with E-state index < -0.39 is 6.04 Å². The molecule has 3 aromatic rings. The number of ketones is 1. The second-order valence-electron chi connectivity index (χ2n) is 6.58. The number of carbonyl (C=O) groups excluding carboxylic acids is 2. The number of pyridine rings is 1. The molecule has 0 fully saturated rings. The Hall–Kier alpha value is -3.15. The van der Waals surface area contributed by atoms with Crippen molar-refractivity contribution < 1.29 is 9.59 Å². The van der Waals surface area contributed by atoms with Crippen LogP contribution < -0.4 is 10.9 Å². The maximum absolute atomic E-state index is 12.6. The van der Waals surface area contributed by atoms with Gasteiger partial charge < -0.3 is 14.5 Å². The van der Waals surface area contributed by atoms with Crippen LogP contribution in [0.2, 0.25) is 0 Å². The standard InChI is InChI=1S/C21H23N3O3/c1-15(21(27)22-11-7-13-23-12-6-5-10-20(23)26)24-14-18(16(2)25)17-8-3-4-9-19(17)24/h3-6,8-10,12,14-15H,7,11,13H2,1-2H3,(H,22,27)/t15-/m1/s1. The lowest BCUT2D eigenvalue weighted by Crippen LogP contribution is -2.32. The highest BCUT2D eigenvalue weighted by molar-refractivity contribution is 6.07. The second kappa shape index (κ2) is 8.03. The topological polar surface area (TPSA) is 73.1 Å². The van der Waals surface area contributed by atoms with Crippen molar-refractivity contribution in [3.8, 4) is 0 Å². The smallest absolute Gasteiger partial charge is 0.250 e. The highest BCUT2D eigenvalue weighted by atomic mass is 16.2. The quantitative estimate of drug-likeness (QED) is 0.517. The van der Waals surface area contributed by atoms with E-state index >= 15 is 0 Å². The Kier molecular flexibility index (Phi) is 5.54. The van der Waals surface area contributed by atoms with E-state index in [1.807, 2.05) is 41.8 Å². The summed E-state index contributed by atoms with van der Waals surface area (Å²) in [5.41, 5.74) is 1.43. The number of aryl methyl sites for hydroxylation is 1. The lowest BCUT2D eigenvalue weighted by Gasteiger charge is -2.15. The van der Waals surface area contributed by atoms with Crippen molar-refractivity contribution in [2.75, 3.05) is 6.54 Å². The number of carbonyl (C=O) groups is 2. The molecule has 1 amide bonds. The predicted octanol–water partition coefficient (Wildman–Crippen LogP) is 2.77. The number of amides is 1. The van der Waals surface area contributed by atoms with E-state index in [2.05, 4.69) is 5.32 Å². The third kappa shape index (κ3) is 4.00. The van der Waals surface area contributed by atoms with Gasteiger partial charge in [-0.2, -0.15) is 0 Å². The SMILES string of the molecule is CC(=O)c1cn([C@H](C)C(=O)NCCCn2ccccc2=O)c2ccccc12. The van der Waals surface area contributed by atoms with Gasteiger partial charge >= 0.3 is 0 Å². The molecule has 140 valence electrons. The summed E-state index contributed by atoms with van der Waals surface area (Å²) in [5.74, 6) is -0.142. The lowest BCUT2D eigenvalue weighted by molar-refractivity contribution is -0.123. The zero-order valence-electron chi connectivity index (χ0n) is 15.5. The van der Waals surface area contributed by atoms with Crippen LogP contribution in [0, 0.1) is 0 Å². The van der Waals surface area contributed by atoms with Crippen LogP contribution in [0.25, 0.3) is 10.9 Å². The molecule has 6 heteroatoms. The number of para-hydroxylation sites is 1. The van der Waals surface area contributed by atoms with Crippen LogP contribution in [0.1, 0.15) is 36.7 Å². The van der Waals surface area contributed by atoms with E-state index in [9.17, 15) is 14.4 Å². The first-order chi connectivity index (χ1) is 13.0. The fourth-order valence-electron chi connectivity index (χ4n) is 3.19. The highest BCUT2D eigenvalue weighted by Gasteiger charge is 2.19. The third-order valence-corrected chi connectivity index (χ3v) is 4.69. The largest absolute Gasteiger partial charge is 0.354 e. The van der Waals surface area contributed by atoms with Gasteiger partial charge in [-0.1, -0.05) is 24.3 Å². The van der Waals surface area contributed by atoms with Crippen molar-refractivity contribution in [3.05, 3.63) is 70.8 Å². The van der Waals surface area contributed by atoms with Gasteiger partial charge in [-0.3, -0.25) is 14.4 Å². The number of nitrogens with zero attached hydrogens (tertiary/aromatic N) is 2. The van der Waals surface area contributed by atoms with Crippen LogP contribution in [0.4, 0.5) is 0 Å². The van der Waals surface area contributed by atoms with Gasteiger partial charge in [0.2, 0.25) is 11.5 Å². The molecule has 0 aliphatic carbocycles. The number of hydrogen-bond acceptors (Lipinski definition) is 3. The molecule has 0 radical (unpaired) electrons. The molecule has 0 unspecified atom stereocenters. The molecule has 3 rings (SSSR count). The van der Waals surface area contributed by atoms with Crippen LogP contribution >= 0.6 is 0 Å². The number of aromatic nitrogens is 2. The Morgan fingerprint density at radius 1 is 1.11 bits per heavy atom. The van der Waals surface area contributed by atoms with E-state index in [0.29, 0.717) is 25.1 Å². The monoisotopic (exact) mass is 365 g/mol. The van der Waals surface area contributed by atoms with Gasteiger partial charge in [0, 0.05) is 48.0 Å². The van der Waals surface area contributed by atoms with Gasteiger partial charge in [0.15, 0.2) is 5.78 Å². The fraction of sp³-hybridized carbons (Fsp3) is 0.286. The molecule has 27 heavy (non-hydrogen) atoms. The summed E-state index contributed by atoms with van der Waals surface area (Å²) in [6, 6.07) is 12.2. The van der Waals surface area contributed by atoms with Crippen LogP contribution in [0.3, 0.4) is 0 Å². The predicted molar refractivity (Wildman–Crippen MR) is 105 cm³/mol. The van der Waals surface area contributed by atoms with E-state index in [-0.39, 0.29) is 17.2 Å². The van der Waals surface area contributed by atoms with Gasteiger partial charge in [-0.15, -0.1) is 0 Å². The molecule has 1 aromatic carbocycles. The Labute approximate surface area is 157 Å². The molecule has 0 aliphatic heterocycles. The number of nitrogens with one attached hydrogen (secondary N) is 1. The molecule has 1 atom stereocenters. The van der Waals surface area contributed by atoms with Crippen molar-refractivity contribution >= 4 is 22.6 Å². The highest BCUT2D eigenvalue weighted by Crippen LogP contribution is 2.25. The van der Waals surface area contributed by atoms with E-state index in [4.69, 9.17) is 0 Å². The maximum atomic E-state index is 12.6. The van der Waals surface area contributed by atoms with Crippen LogP contribution in [0.15, 0.2) is 59.7 Å². The summed E-state index contributed by atoms with van der Waals surface area (Å²) < 4.78 is 3.46. The molecule has 6 nitrogen and oxygen atoms in total. The number of hydrogen-bond donors (Lipinski definition) is 1. The van der Waals surface area contributed by atoms with Gasteiger partial charge in [-0.05, 0) is 32.4 Å². The first-order valence-electron chi connectivity index (χ1n) is 9.02. The Balaban J connectivity index is 1.66. The summed E-state index contributed by atoms with van der Waals surface area (Å²) >= 11 is 0. The van der Waals surface area contributed by atoms with Crippen molar-refractivity contribution in [1.82, 2.24) is 14.5 Å². The molecule has 0 bridgehead atoms. The number of rotatable bonds is 7. The van der Waals surface area contributed by atoms with Crippen molar-refractivity contribution in [3.63, 3.8) is 0 Å². The third-order valence-electron chi connectivity index (χ3n) is 4.69. The molecule has 0 saturated carbocycles. The molecule has 2 heterocycles. The van der Waals surface area contributed by atoms with E-state index in [0.717, 1.165) is 10.9 Å². The molecule has 0 aliphatic rings. The van der Waals surface area contributed by atoms with Gasteiger partial charge in [0.05, 0.1) is 0 Å². The van der Waals surface area contributed by atoms with Crippen LogP contribution in [0.5, 0.6) is 0 Å². The minimum Gasteiger partial charge on any atom is -0.354 e. The molecule has 0 saturated heterocycles. The van der Waals surface area contributed by atoms with Gasteiger partial charge in [-0.25, -0.2) is 0 Å². The average molecular weight is 365 g/mol. The first-order valence-corrected chi connectivity index (χ1v) is 9.02. The van der Waals surface area contributed by atoms with Crippen LogP contribution in [-0.4, -0.2) is 27.4 Å². The minimum absolute atomic E-state index is 0.0224. The summed E-state index contributed by atoms with van der Waals surface area (Å²) in [6.07, 6.45) is 4.15. The summed E-state index contributed by atoms with van der Waals surface area (Å²) in [5, 5.41) is 3.77. The normalized spacial score (nSPS) is 12.1. The Morgan fingerprint density at radius 3 is 2.59 bits per heavy atom. The van der Waals surface area contributed by atoms with Gasteiger partial charge in [0.1, 0.15) is 6.04 Å². The zero-order chi connectivity index (χ0) is 19.4. The van der Waals surface area contributed by atoms with E-state index in [1.165, 1.54) is 13.0 Å². The second-order valence-corrected chi connectivity index (χ2v) is 6.58. The van der Waals surface area contributed by atoms with Crippen molar-refractivity contribution in [2.24, 2.45) is 0 Å². The minimum atomic E-state index is -0.442. The zero-order valence-corrected chi connectivity index (χ0v) is 15.5. The average Bonchev–Trinajstić information content (AvgIpc) is 3.05. The molecule has 2 aromatic heterocycles. The van der Waals surface area contributed by atoms with E-state index in [1.54, 1.807) is 23.0 Å². The van der Waals surface area contributed by atoms with Crippen molar-refractivity contribution in [1.29, 1.82) is 0 Å². The number of fused-ring (bicyclic) bond motifs is 1. The fourth-order valence-corrected chi connectivity index (χ4v) is 3.19. The van der Waals surface area contributed by atoms with Crippen molar-refractivity contribution in [2.45, 2.75) is 32.9 Å². The Morgan fingerprint density at radius 2 is 1.85 bits per heavy atom. The molecular formula is C21H23N3O3. The lowest BCUT2D eigenvalue weighted by atomic mass is 10.1. The Bertz CT molecular complexity index is 1030. The molecule has 0 spiro atoms. The first kappa shape index (κ1) is 18.6. The van der Waals surface area contributed by atoms with Crippen LogP contribution in [-0.2, 0) is 11.3 Å². The van der Waals surface area contributed by atoms with Gasteiger partial charge in [0.25, 0.3) is 0 Å². The number of Topliss-reactive ketones (excluding diaryl/α,β-unsaturated/α-hetero) is 1. The summed E-state index contributed by atoms with van der Waals surface area (Å²) in [4.78, 5) is 36.1. The maximum Gasteiger partial charge on any atom is 0.250 e. The summed E-state index contributed by atoms with van der Waals surface area (Å²) in [7, 11) is 0. The molecule has 1 N–H and O–H groups in total. The number of benzene rings is 1. The molecular weight excluding hydrogens is 342 g/mol.